The Morgan fingerprint density at radius 1 is 1.11 bits per heavy atom. The lowest BCUT2D eigenvalue weighted by Gasteiger charge is -2.12. The van der Waals surface area contributed by atoms with Gasteiger partial charge in [-0.25, -0.2) is 0 Å². The van der Waals surface area contributed by atoms with Crippen molar-refractivity contribution in [2.75, 3.05) is 18.5 Å². The molecule has 0 aliphatic rings. The van der Waals surface area contributed by atoms with Crippen LogP contribution in [0.5, 0.6) is 11.5 Å². The highest BCUT2D eigenvalue weighted by Crippen LogP contribution is 2.18. The van der Waals surface area contributed by atoms with Crippen molar-refractivity contribution in [1.29, 1.82) is 0 Å². The van der Waals surface area contributed by atoms with Gasteiger partial charge in [0, 0.05) is 17.3 Å². The van der Waals surface area contributed by atoms with E-state index in [1.165, 1.54) is 0 Å². The van der Waals surface area contributed by atoms with Crippen molar-refractivity contribution in [2.45, 2.75) is 20.8 Å². The molecule has 0 unspecified atom stereocenters. The average Bonchev–Trinajstić information content (AvgIpc) is 2.65. The predicted molar refractivity (Wildman–Crippen MR) is 117 cm³/mol. The lowest BCUT2D eigenvalue weighted by atomic mass is 10.2. The van der Waals surface area contributed by atoms with Crippen LogP contribution in [0.1, 0.15) is 31.1 Å². The molecule has 2 N–H and O–H groups in total. The molecule has 0 aliphatic carbocycles. The van der Waals surface area contributed by atoms with E-state index in [0.717, 1.165) is 11.3 Å². The van der Waals surface area contributed by atoms with E-state index >= 15 is 0 Å². The summed E-state index contributed by atoms with van der Waals surface area (Å²) in [6.07, 6.45) is 0. The second-order valence-electron chi connectivity index (χ2n) is 6.91. The van der Waals surface area contributed by atoms with E-state index < -0.39 is 0 Å². The summed E-state index contributed by atoms with van der Waals surface area (Å²) in [4.78, 5) is 12.5. The third-order valence-corrected chi connectivity index (χ3v) is 3.69. The molecule has 0 fully saturated rings. The van der Waals surface area contributed by atoms with Gasteiger partial charge in [-0.05, 0) is 61.0 Å². The number of rotatable bonds is 8. The Labute approximate surface area is 171 Å². The van der Waals surface area contributed by atoms with Crippen molar-refractivity contribution in [3.05, 3.63) is 66.2 Å². The number of anilines is 1. The van der Waals surface area contributed by atoms with E-state index in [9.17, 15) is 4.79 Å². The van der Waals surface area contributed by atoms with Crippen molar-refractivity contribution < 1.29 is 14.3 Å². The largest absolute Gasteiger partial charge is 0.493 e. The Hall–Kier alpha value is -2.86. The van der Waals surface area contributed by atoms with Crippen LogP contribution >= 0.6 is 12.2 Å². The van der Waals surface area contributed by atoms with Gasteiger partial charge in [-0.1, -0.05) is 32.6 Å². The Morgan fingerprint density at radius 2 is 1.79 bits per heavy atom. The lowest BCUT2D eigenvalue weighted by Crippen LogP contribution is -2.34. The Bertz CT molecular complexity index is 849. The minimum absolute atomic E-state index is 0.204. The van der Waals surface area contributed by atoms with E-state index in [0.29, 0.717) is 36.2 Å². The maximum atomic E-state index is 12.5. The van der Waals surface area contributed by atoms with Crippen LogP contribution in [0.25, 0.3) is 0 Å². The highest BCUT2D eigenvalue weighted by molar-refractivity contribution is 7.80. The number of ether oxygens (including phenoxy) is 2. The van der Waals surface area contributed by atoms with Crippen LogP contribution in [0.2, 0.25) is 0 Å². The molecule has 1 amide bonds. The second-order valence-corrected chi connectivity index (χ2v) is 7.32. The van der Waals surface area contributed by atoms with Gasteiger partial charge in [-0.3, -0.25) is 10.1 Å². The molecule has 2 rings (SSSR count). The number of hydrogen-bond acceptors (Lipinski definition) is 4. The first-order chi connectivity index (χ1) is 13.3. The standard InChI is InChI=1S/C22H26N2O3S/c1-15(2)13-26-19-9-5-7-17(11-19)21(25)24-22(28)23-18-8-6-10-20(12-18)27-14-16(3)4/h5-12,15H,3,13-14H2,1-2,4H3,(H2,23,24,25,28). The van der Waals surface area contributed by atoms with Gasteiger partial charge in [-0.2, -0.15) is 0 Å². The first-order valence-electron chi connectivity index (χ1n) is 9.06. The molecular weight excluding hydrogens is 372 g/mol. The van der Waals surface area contributed by atoms with E-state index in [1.807, 2.05) is 37.3 Å². The SMILES string of the molecule is C=C(C)COc1cccc(NC(=S)NC(=O)c2cccc(OCC(C)C)c2)c1. The van der Waals surface area contributed by atoms with E-state index in [2.05, 4.69) is 31.1 Å². The van der Waals surface area contributed by atoms with Gasteiger partial charge >= 0.3 is 0 Å². The monoisotopic (exact) mass is 398 g/mol. The summed E-state index contributed by atoms with van der Waals surface area (Å²) in [5, 5.41) is 5.87. The van der Waals surface area contributed by atoms with Crippen molar-refractivity contribution in [1.82, 2.24) is 5.32 Å². The van der Waals surface area contributed by atoms with Crippen LogP contribution in [-0.2, 0) is 0 Å². The van der Waals surface area contributed by atoms with Crippen molar-refractivity contribution >= 4 is 28.9 Å². The van der Waals surface area contributed by atoms with Crippen LogP contribution in [0.3, 0.4) is 0 Å². The highest BCUT2D eigenvalue weighted by atomic mass is 32.1. The van der Waals surface area contributed by atoms with Crippen LogP contribution in [0.4, 0.5) is 5.69 Å². The number of carbonyl (C=O) groups is 1. The highest BCUT2D eigenvalue weighted by Gasteiger charge is 2.10. The Morgan fingerprint density at radius 3 is 2.46 bits per heavy atom. The van der Waals surface area contributed by atoms with Gasteiger partial charge in [0.25, 0.3) is 5.91 Å². The summed E-state index contributed by atoms with van der Waals surface area (Å²) in [5.41, 5.74) is 2.13. The molecule has 0 bridgehead atoms. The molecule has 0 heterocycles. The molecule has 0 spiro atoms. The van der Waals surface area contributed by atoms with Gasteiger partial charge < -0.3 is 14.8 Å². The molecule has 0 atom stereocenters. The summed E-state index contributed by atoms with van der Waals surface area (Å²) in [5.74, 6) is 1.45. The number of carbonyl (C=O) groups excluding carboxylic acids is 1. The summed E-state index contributed by atoms with van der Waals surface area (Å²) in [7, 11) is 0. The zero-order valence-electron chi connectivity index (χ0n) is 16.5. The normalized spacial score (nSPS) is 10.3. The second kappa shape index (κ2) is 10.5. The van der Waals surface area contributed by atoms with Gasteiger partial charge in [0.1, 0.15) is 18.1 Å². The molecule has 0 aromatic heterocycles. The quantitative estimate of drug-likeness (QED) is 0.494. The van der Waals surface area contributed by atoms with Crippen LogP contribution in [0, 0.1) is 5.92 Å². The molecule has 148 valence electrons. The van der Waals surface area contributed by atoms with Gasteiger partial charge in [0.15, 0.2) is 5.11 Å². The summed E-state index contributed by atoms with van der Waals surface area (Å²) in [6, 6.07) is 14.4. The van der Waals surface area contributed by atoms with E-state index in [1.54, 1.807) is 18.2 Å². The molecule has 0 radical (unpaired) electrons. The lowest BCUT2D eigenvalue weighted by molar-refractivity contribution is 0.0977. The molecule has 2 aromatic carbocycles. The fraction of sp³-hybridized carbons (Fsp3) is 0.273. The van der Waals surface area contributed by atoms with Gasteiger partial charge in [-0.15, -0.1) is 0 Å². The first kappa shape index (κ1) is 21.4. The number of nitrogens with one attached hydrogen (secondary N) is 2. The third kappa shape index (κ3) is 7.40. The zero-order chi connectivity index (χ0) is 20.5. The summed E-state index contributed by atoms with van der Waals surface area (Å²) in [6.45, 7) is 10.9. The number of hydrogen-bond donors (Lipinski definition) is 2. The number of benzene rings is 2. The summed E-state index contributed by atoms with van der Waals surface area (Å²) < 4.78 is 11.3. The van der Waals surface area contributed by atoms with Crippen molar-refractivity contribution in [3.63, 3.8) is 0 Å². The van der Waals surface area contributed by atoms with Crippen molar-refractivity contribution in [2.24, 2.45) is 5.92 Å². The summed E-state index contributed by atoms with van der Waals surface area (Å²) >= 11 is 5.25. The molecule has 5 nitrogen and oxygen atoms in total. The maximum absolute atomic E-state index is 12.5. The molecule has 0 saturated carbocycles. The average molecular weight is 399 g/mol. The van der Waals surface area contributed by atoms with Gasteiger partial charge in [0.2, 0.25) is 0 Å². The molecule has 0 aliphatic heterocycles. The Balaban J connectivity index is 1.94. The van der Waals surface area contributed by atoms with Crippen molar-refractivity contribution in [3.8, 4) is 11.5 Å². The molecular formula is C22H26N2O3S. The zero-order valence-corrected chi connectivity index (χ0v) is 17.3. The van der Waals surface area contributed by atoms with Crippen LogP contribution in [0.15, 0.2) is 60.7 Å². The minimum atomic E-state index is -0.304. The van der Waals surface area contributed by atoms with E-state index in [-0.39, 0.29) is 11.0 Å². The molecule has 28 heavy (non-hydrogen) atoms. The fourth-order valence-electron chi connectivity index (χ4n) is 2.20. The number of amides is 1. The Kier molecular flexibility index (Phi) is 8.02. The predicted octanol–water partition coefficient (Wildman–Crippen LogP) is 4.80. The molecule has 0 saturated heterocycles. The smallest absolute Gasteiger partial charge is 0.257 e. The fourth-order valence-corrected chi connectivity index (χ4v) is 2.41. The maximum Gasteiger partial charge on any atom is 0.257 e. The third-order valence-electron chi connectivity index (χ3n) is 3.48. The number of thiocarbonyl (C=S) groups is 1. The molecule has 6 heteroatoms. The minimum Gasteiger partial charge on any atom is -0.493 e. The molecule has 2 aromatic rings. The van der Waals surface area contributed by atoms with Crippen LogP contribution in [-0.4, -0.2) is 24.2 Å². The first-order valence-corrected chi connectivity index (χ1v) is 9.46. The van der Waals surface area contributed by atoms with Crippen LogP contribution < -0.4 is 20.1 Å². The van der Waals surface area contributed by atoms with Gasteiger partial charge in [0.05, 0.1) is 6.61 Å². The van der Waals surface area contributed by atoms with E-state index in [4.69, 9.17) is 21.7 Å². The topological polar surface area (TPSA) is 59.6 Å².